The van der Waals surface area contributed by atoms with Crippen LogP contribution in [0.25, 0.3) is 11.4 Å². The van der Waals surface area contributed by atoms with E-state index >= 15 is 0 Å². The zero-order valence-electron chi connectivity index (χ0n) is 15.1. The van der Waals surface area contributed by atoms with Gasteiger partial charge in [0, 0.05) is 23.8 Å². The van der Waals surface area contributed by atoms with Crippen LogP contribution in [-0.4, -0.2) is 33.5 Å². The number of halogens is 1. The summed E-state index contributed by atoms with van der Waals surface area (Å²) < 4.78 is 13.1. The highest BCUT2D eigenvalue weighted by molar-refractivity contribution is 5.90. The molecule has 5 rings (SSSR count). The summed E-state index contributed by atoms with van der Waals surface area (Å²) in [6, 6.07) is 5.96. The highest BCUT2D eigenvalue weighted by atomic mass is 19.1. The molecule has 3 atom stereocenters. The first kappa shape index (κ1) is 16.9. The molecule has 2 aromatic rings. The molecule has 1 aromatic heterocycles. The fourth-order valence-electron chi connectivity index (χ4n) is 4.22. The molecule has 2 amide bonds. The number of aromatic nitrogens is 2. The topological polar surface area (TPSA) is 58.1 Å². The lowest BCUT2D eigenvalue weighted by atomic mass is 9.73. The number of hydrogen-bond acceptors (Lipinski definition) is 3. The lowest BCUT2D eigenvalue weighted by Gasteiger charge is -2.48. The number of nitrogens with one attached hydrogen (secondary N) is 1. The molecule has 136 valence electrons. The number of fused-ring (bicyclic) bond motifs is 3. The highest BCUT2D eigenvalue weighted by Crippen LogP contribution is 2.39. The molecule has 3 fully saturated rings. The van der Waals surface area contributed by atoms with E-state index < -0.39 is 5.82 Å². The van der Waals surface area contributed by atoms with Gasteiger partial charge in [0.05, 0.1) is 12.4 Å². The van der Waals surface area contributed by atoms with Gasteiger partial charge in [-0.2, -0.15) is 0 Å². The SMILES string of the molecule is Cc1ccc(NC(=O)N2C[C@@H]3CC[C@@H]2C[C@@H]3C)cc1-c1ncc(F)cn1. The average molecular weight is 354 g/mol. The van der Waals surface area contributed by atoms with Gasteiger partial charge in [0.15, 0.2) is 11.6 Å². The lowest BCUT2D eigenvalue weighted by molar-refractivity contribution is 0.0429. The van der Waals surface area contributed by atoms with Crippen LogP contribution in [0.15, 0.2) is 30.6 Å². The Morgan fingerprint density at radius 3 is 2.69 bits per heavy atom. The molecule has 1 aromatic carbocycles. The van der Waals surface area contributed by atoms with Crippen LogP contribution in [0.3, 0.4) is 0 Å². The van der Waals surface area contributed by atoms with Gasteiger partial charge in [-0.15, -0.1) is 0 Å². The van der Waals surface area contributed by atoms with Gasteiger partial charge in [-0.05, 0) is 55.7 Å². The minimum atomic E-state index is -0.467. The lowest BCUT2D eigenvalue weighted by Crippen LogP contribution is -2.54. The Balaban J connectivity index is 1.53. The number of aryl methyl sites for hydroxylation is 1. The number of nitrogens with zero attached hydrogens (tertiary/aromatic N) is 3. The van der Waals surface area contributed by atoms with E-state index in [9.17, 15) is 9.18 Å². The summed E-state index contributed by atoms with van der Waals surface area (Å²) in [5, 5.41) is 3.02. The molecule has 2 bridgehead atoms. The zero-order chi connectivity index (χ0) is 18.3. The Kier molecular flexibility index (Phi) is 4.34. The maximum absolute atomic E-state index is 13.1. The summed E-state index contributed by atoms with van der Waals surface area (Å²) in [4.78, 5) is 22.9. The van der Waals surface area contributed by atoms with Crippen molar-refractivity contribution in [1.82, 2.24) is 14.9 Å². The van der Waals surface area contributed by atoms with E-state index in [4.69, 9.17) is 0 Å². The van der Waals surface area contributed by atoms with Crippen molar-refractivity contribution in [2.45, 2.75) is 39.2 Å². The summed E-state index contributed by atoms with van der Waals surface area (Å²) in [7, 11) is 0. The largest absolute Gasteiger partial charge is 0.322 e. The Hall–Kier alpha value is -2.50. The first-order valence-corrected chi connectivity index (χ1v) is 9.17. The number of hydrogen-bond donors (Lipinski definition) is 1. The minimum Gasteiger partial charge on any atom is -0.321 e. The van der Waals surface area contributed by atoms with E-state index in [2.05, 4.69) is 22.2 Å². The first-order chi connectivity index (χ1) is 12.5. The van der Waals surface area contributed by atoms with Crippen LogP contribution >= 0.6 is 0 Å². The highest BCUT2D eigenvalue weighted by Gasteiger charge is 2.40. The summed E-state index contributed by atoms with van der Waals surface area (Å²) in [5.74, 6) is 1.31. The molecule has 0 radical (unpaired) electrons. The van der Waals surface area contributed by atoms with E-state index in [-0.39, 0.29) is 6.03 Å². The standard InChI is InChI=1S/C20H23FN4O/c1-12-3-5-16(8-18(12)19-22-9-15(21)10-23-19)24-20(26)25-11-14-4-6-17(25)7-13(14)2/h3,5,8-10,13-14,17H,4,6-7,11H2,1-2H3,(H,24,26)/t13-,14-,17+/m0/s1. The van der Waals surface area contributed by atoms with Crippen LogP contribution in [0.1, 0.15) is 31.7 Å². The monoisotopic (exact) mass is 354 g/mol. The van der Waals surface area contributed by atoms with Gasteiger partial charge in [-0.1, -0.05) is 13.0 Å². The average Bonchev–Trinajstić information content (AvgIpc) is 2.64. The molecule has 6 heteroatoms. The van der Waals surface area contributed by atoms with Crippen LogP contribution in [0, 0.1) is 24.6 Å². The summed E-state index contributed by atoms with van der Waals surface area (Å²) in [6.07, 6.45) is 5.73. The molecule has 0 spiro atoms. The number of carbonyl (C=O) groups is 1. The molecule has 2 aliphatic heterocycles. The van der Waals surface area contributed by atoms with Crippen LogP contribution in [-0.2, 0) is 0 Å². The van der Waals surface area contributed by atoms with Crippen LogP contribution in [0.2, 0.25) is 0 Å². The number of anilines is 1. The van der Waals surface area contributed by atoms with Gasteiger partial charge in [0.2, 0.25) is 0 Å². The van der Waals surface area contributed by atoms with E-state index in [1.54, 1.807) is 0 Å². The molecule has 1 saturated carbocycles. The molecule has 0 unspecified atom stereocenters. The second-order valence-corrected chi connectivity index (χ2v) is 7.54. The summed E-state index contributed by atoms with van der Waals surface area (Å²) in [5.41, 5.74) is 2.47. The molecule has 3 heterocycles. The number of urea groups is 1. The number of carbonyl (C=O) groups excluding carboxylic acids is 1. The van der Waals surface area contributed by atoms with Crippen molar-refractivity contribution in [3.63, 3.8) is 0 Å². The maximum Gasteiger partial charge on any atom is 0.322 e. The number of benzene rings is 1. The van der Waals surface area contributed by atoms with Crippen molar-refractivity contribution in [2.24, 2.45) is 11.8 Å². The Morgan fingerprint density at radius 1 is 1.27 bits per heavy atom. The van der Waals surface area contributed by atoms with E-state index in [1.165, 1.54) is 6.42 Å². The van der Waals surface area contributed by atoms with E-state index in [1.807, 2.05) is 30.0 Å². The molecule has 2 saturated heterocycles. The van der Waals surface area contributed by atoms with Crippen molar-refractivity contribution in [1.29, 1.82) is 0 Å². The molecule has 5 nitrogen and oxygen atoms in total. The smallest absolute Gasteiger partial charge is 0.321 e. The molecule has 26 heavy (non-hydrogen) atoms. The van der Waals surface area contributed by atoms with Gasteiger partial charge in [-0.3, -0.25) is 0 Å². The molecule has 1 aliphatic carbocycles. The molecular formula is C20H23FN4O. The Morgan fingerprint density at radius 2 is 2.04 bits per heavy atom. The van der Waals surface area contributed by atoms with Gasteiger partial charge >= 0.3 is 6.03 Å². The second-order valence-electron chi connectivity index (χ2n) is 7.54. The second kappa shape index (κ2) is 6.67. The Bertz CT molecular complexity index is 823. The van der Waals surface area contributed by atoms with Gasteiger partial charge < -0.3 is 10.2 Å². The van der Waals surface area contributed by atoms with Crippen molar-refractivity contribution >= 4 is 11.7 Å². The number of rotatable bonds is 2. The third kappa shape index (κ3) is 3.16. The predicted molar refractivity (Wildman–Crippen MR) is 98.2 cm³/mol. The van der Waals surface area contributed by atoms with E-state index in [0.717, 1.165) is 42.9 Å². The van der Waals surface area contributed by atoms with Crippen LogP contribution in [0.4, 0.5) is 14.9 Å². The Labute approximate surface area is 152 Å². The predicted octanol–water partition coefficient (Wildman–Crippen LogP) is 4.24. The van der Waals surface area contributed by atoms with Crippen molar-refractivity contribution in [2.75, 3.05) is 11.9 Å². The van der Waals surface area contributed by atoms with Crippen molar-refractivity contribution in [3.8, 4) is 11.4 Å². The number of piperidine rings is 2. The van der Waals surface area contributed by atoms with Crippen molar-refractivity contribution < 1.29 is 9.18 Å². The zero-order valence-corrected chi connectivity index (χ0v) is 15.1. The fourth-order valence-corrected chi connectivity index (χ4v) is 4.22. The maximum atomic E-state index is 13.1. The summed E-state index contributed by atoms with van der Waals surface area (Å²) >= 11 is 0. The summed E-state index contributed by atoms with van der Waals surface area (Å²) in [6.45, 7) is 5.08. The van der Waals surface area contributed by atoms with Gasteiger partial charge in [0.1, 0.15) is 0 Å². The third-order valence-corrected chi connectivity index (χ3v) is 5.80. The number of amides is 2. The van der Waals surface area contributed by atoms with Gasteiger partial charge in [0.25, 0.3) is 0 Å². The normalized spacial score (nSPS) is 24.6. The van der Waals surface area contributed by atoms with E-state index in [0.29, 0.717) is 29.4 Å². The van der Waals surface area contributed by atoms with Crippen LogP contribution < -0.4 is 5.32 Å². The van der Waals surface area contributed by atoms with Crippen LogP contribution in [0.5, 0.6) is 0 Å². The van der Waals surface area contributed by atoms with Gasteiger partial charge in [-0.25, -0.2) is 19.2 Å². The minimum absolute atomic E-state index is 0.0403. The quantitative estimate of drug-likeness (QED) is 0.877. The fraction of sp³-hybridized carbons (Fsp3) is 0.450. The third-order valence-electron chi connectivity index (χ3n) is 5.80. The van der Waals surface area contributed by atoms with Crippen molar-refractivity contribution in [3.05, 3.63) is 42.0 Å². The first-order valence-electron chi connectivity index (χ1n) is 9.17. The molecule has 1 N–H and O–H groups in total. The molecular weight excluding hydrogens is 331 g/mol. The molecule has 3 aliphatic rings.